The average molecular weight is 355 g/mol. The maximum atomic E-state index is 12.4. The van der Waals surface area contributed by atoms with E-state index in [2.05, 4.69) is 15.2 Å². The number of nitrogens with one attached hydrogen (secondary N) is 1. The van der Waals surface area contributed by atoms with Gasteiger partial charge in [-0.1, -0.05) is 18.2 Å². The van der Waals surface area contributed by atoms with E-state index < -0.39 is 6.36 Å². The van der Waals surface area contributed by atoms with E-state index in [1.807, 2.05) is 20.9 Å². The SMILES string of the molecule is Cc1nn(C)c(C)c1CCC(=O)NCc1ccccc1OC(F)(F)F. The van der Waals surface area contributed by atoms with Crippen LogP contribution in [0.2, 0.25) is 0 Å². The van der Waals surface area contributed by atoms with Crippen LogP contribution in [0.25, 0.3) is 0 Å². The summed E-state index contributed by atoms with van der Waals surface area (Å²) in [6.45, 7) is 3.78. The van der Waals surface area contributed by atoms with Gasteiger partial charge in [-0.05, 0) is 31.9 Å². The number of amides is 1. The molecule has 0 unspecified atom stereocenters. The van der Waals surface area contributed by atoms with Crippen molar-refractivity contribution in [2.45, 2.75) is 39.6 Å². The van der Waals surface area contributed by atoms with Crippen LogP contribution in [0.1, 0.15) is 28.9 Å². The van der Waals surface area contributed by atoms with Crippen LogP contribution in [-0.4, -0.2) is 22.1 Å². The first-order valence-electron chi connectivity index (χ1n) is 7.77. The Morgan fingerprint density at radius 3 is 2.56 bits per heavy atom. The number of carbonyl (C=O) groups is 1. The molecule has 8 heteroatoms. The number of aryl methyl sites for hydroxylation is 2. The molecule has 1 aromatic carbocycles. The van der Waals surface area contributed by atoms with Gasteiger partial charge in [-0.15, -0.1) is 13.2 Å². The standard InChI is InChI=1S/C17H20F3N3O2/c1-11-14(12(2)23(3)22-11)8-9-16(24)21-10-13-6-4-5-7-15(13)25-17(18,19)20/h4-7H,8-10H2,1-3H3,(H,21,24). The Bertz CT molecular complexity index is 754. The maximum Gasteiger partial charge on any atom is 0.573 e. The van der Waals surface area contributed by atoms with Crippen molar-refractivity contribution in [1.82, 2.24) is 15.1 Å². The number of hydrogen-bond acceptors (Lipinski definition) is 3. The van der Waals surface area contributed by atoms with Crippen molar-refractivity contribution >= 4 is 5.91 Å². The summed E-state index contributed by atoms with van der Waals surface area (Å²) in [4.78, 5) is 12.0. The Kier molecular flexibility index (Phi) is 5.71. The zero-order chi connectivity index (χ0) is 18.6. The second-order valence-electron chi connectivity index (χ2n) is 5.71. The molecule has 0 saturated heterocycles. The molecule has 0 aliphatic carbocycles. The lowest BCUT2D eigenvalue weighted by Crippen LogP contribution is -2.24. The molecule has 136 valence electrons. The van der Waals surface area contributed by atoms with Gasteiger partial charge in [0.1, 0.15) is 5.75 Å². The van der Waals surface area contributed by atoms with Gasteiger partial charge in [0, 0.05) is 31.3 Å². The van der Waals surface area contributed by atoms with Crippen LogP contribution in [0.4, 0.5) is 13.2 Å². The molecule has 0 atom stereocenters. The van der Waals surface area contributed by atoms with Crippen LogP contribution in [0.5, 0.6) is 5.75 Å². The molecule has 5 nitrogen and oxygen atoms in total. The first-order chi connectivity index (χ1) is 11.7. The van der Waals surface area contributed by atoms with Gasteiger partial charge >= 0.3 is 6.36 Å². The molecule has 0 spiro atoms. The highest BCUT2D eigenvalue weighted by Crippen LogP contribution is 2.26. The van der Waals surface area contributed by atoms with Gasteiger partial charge < -0.3 is 10.1 Å². The summed E-state index contributed by atoms with van der Waals surface area (Å²) in [6.07, 6.45) is -4.01. The molecule has 1 aromatic heterocycles. The van der Waals surface area contributed by atoms with E-state index in [4.69, 9.17) is 0 Å². The predicted molar refractivity (Wildman–Crippen MR) is 86.0 cm³/mol. The van der Waals surface area contributed by atoms with E-state index in [0.717, 1.165) is 17.0 Å². The molecule has 0 aliphatic heterocycles. The Balaban J connectivity index is 1.92. The lowest BCUT2D eigenvalue weighted by Gasteiger charge is -2.13. The van der Waals surface area contributed by atoms with Gasteiger partial charge in [0.25, 0.3) is 0 Å². The van der Waals surface area contributed by atoms with Crippen molar-refractivity contribution in [3.63, 3.8) is 0 Å². The van der Waals surface area contributed by atoms with E-state index in [0.29, 0.717) is 6.42 Å². The van der Waals surface area contributed by atoms with Crippen molar-refractivity contribution in [3.05, 3.63) is 46.8 Å². The molecule has 0 bridgehead atoms. The van der Waals surface area contributed by atoms with Gasteiger partial charge in [-0.25, -0.2) is 0 Å². The number of hydrogen-bond donors (Lipinski definition) is 1. The minimum atomic E-state index is -4.77. The van der Waals surface area contributed by atoms with Crippen LogP contribution in [0.15, 0.2) is 24.3 Å². The van der Waals surface area contributed by atoms with Crippen LogP contribution >= 0.6 is 0 Å². The van der Waals surface area contributed by atoms with Crippen LogP contribution in [0, 0.1) is 13.8 Å². The molecule has 25 heavy (non-hydrogen) atoms. The monoisotopic (exact) mass is 355 g/mol. The van der Waals surface area contributed by atoms with E-state index in [9.17, 15) is 18.0 Å². The normalized spacial score (nSPS) is 11.4. The molecule has 0 radical (unpaired) electrons. The molecule has 0 fully saturated rings. The summed E-state index contributed by atoms with van der Waals surface area (Å²) < 4.78 is 42.9. The summed E-state index contributed by atoms with van der Waals surface area (Å²) in [5.41, 5.74) is 3.14. The molecular formula is C17H20F3N3O2. The van der Waals surface area contributed by atoms with Gasteiger partial charge in [-0.3, -0.25) is 9.48 Å². The predicted octanol–water partition coefficient (Wildman–Crippen LogP) is 3.18. The van der Waals surface area contributed by atoms with Crippen molar-refractivity contribution in [1.29, 1.82) is 0 Å². The third-order valence-electron chi connectivity index (χ3n) is 3.94. The van der Waals surface area contributed by atoms with Crippen molar-refractivity contribution < 1.29 is 22.7 Å². The van der Waals surface area contributed by atoms with Crippen LogP contribution in [-0.2, 0) is 24.8 Å². The molecule has 1 amide bonds. The summed E-state index contributed by atoms with van der Waals surface area (Å²) >= 11 is 0. The largest absolute Gasteiger partial charge is 0.573 e. The van der Waals surface area contributed by atoms with Gasteiger partial charge in [0.05, 0.1) is 5.69 Å². The third-order valence-corrected chi connectivity index (χ3v) is 3.94. The van der Waals surface area contributed by atoms with Gasteiger partial charge in [0.15, 0.2) is 0 Å². The molecular weight excluding hydrogens is 335 g/mol. The topological polar surface area (TPSA) is 56.2 Å². The minimum absolute atomic E-state index is 0.0317. The Morgan fingerprint density at radius 1 is 1.28 bits per heavy atom. The number of benzene rings is 1. The van der Waals surface area contributed by atoms with E-state index in [1.165, 1.54) is 18.2 Å². The Labute approximate surface area is 143 Å². The lowest BCUT2D eigenvalue weighted by molar-refractivity contribution is -0.274. The Hall–Kier alpha value is -2.51. The number of halogens is 3. The number of ether oxygens (including phenoxy) is 1. The Morgan fingerprint density at radius 2 is 1.96 bits per heavy atom. The van der Waals surface area contributed by atoms with Gasteiger partial charge in [0.2, 0.25) is 5.91 Å². The zero-order valence-corrected chi connectivity index (χ0v) is 14.3. The molecule has 1 heterocycles. The van der Waals surface area contributed by atoms with E-state index in [1.54, 1.807) is 10.7 Å². The summed E-state index contributed by atoms with van der Waals surface area (Å²) in [5, 5.41) is 6.92. The second kappa shape index (κ2) is 7.58. The number of para-hydroxylation sites is 1. The number of aromatic nitrogens is 2. The highest BCUT2D eigenvalue weighted by Gasteiger charge is 2.31. The fraction of sp³-hybridized carbons (Fsp3) is 0.412. The number of carbonyl (C=O) groups excluding carboxylic acids is 1. The van der Waals surface area contributed by atoms with Crippen molar-refractivity contribution in [3.8, 4) is 5.75 Å². The van der Waals surface area contributed by atoms with Crippen LogP contribution in [0.3, 0.4) is 0 Å². The van der Waals surface area contributed by atoms with Crippen LogP contribution < -0.4 is 10.1 Å². The molecule has 2 aromatic rings. The first-order valence-corrected chi connectivity index (χ1v) is 7.77. The summed E-state index contributed by atoms with van der Waals surface area (Å²) in [7, 11) is 1.84. The lowest BCUT2D eigenvalue weighted by atomic mass is 10.1. The fourth-order valence-corrected chi connectivity index (χ4v) is 2.57. The summed E-state index contributed by atoms with van der Waals surface area (Å²) in [6, 6.07) is 5.74. The van der Waals surface area contributed by atoms with E-state index >= 15 is 0 Å². The van der Waals surface area contributed by atoms with E-state index in [-0.39, 0.29) is 30.2 Å². The smallest absolute Gasteiger partial charge is 0.405 e. The third kappa shape index (κ3) is 5.23. The van der Waals surface area contributed by atoms with Crippen molar-refractivity contribution in [2.75, 3.05) is 0 Å². The number of rotatable bonds is 6. The quantitative estimate of drug-likeness (QED) is 0.866. The van der Waals surface area contributed by atoms with Crippen molar-refractivity contribution in [2.24, 2.45) is 7.05 Å². The maximum absolute atomic E-state index is 12.4. The molecule has 0 saturated carbocycles. The highest BCUT2D eigenvalue weighted by molar-refractivity contribution is 5.76. The zero-order valence-electron chi connectivity index (χ0n) is 14.3. The minimum Gasteiger partial charge on any atom is -0.405 e. The average Bonchev–Trinajstić information content (AvgIpc) is 2.76. The number of alkyl halides is 3. The molecule has 0 aliphatic rings. The first kappa shape index (κ1) is 18.8. The highest BCUT2D eigenvalue weighted by atomic mass is 19.4. The fourth-order valence-electron chi connectivity index (χ4n) is 2.57. The summed E-state index contributed by atoms with van der Waals surface area (Å²) in [5.74, 6) is -0.557. The number of nitrogens with zero attached hydrogens (tertiary/aromatic N) is 2. The second-order valence-corrected chi connectivity index (χ2v) is 5.71. The van der Waals surface area contributed by atoms with Gasteiger partial charge in [-0.2, -0.15) is 5.10 Å². The molecule has 2 rings (SSSR count). The molecule has 1 N–H and O–H groups in total.